The second-order valence-electron chi connectivity index (χ2n) is 3.56. The third-order valence-electron chi connectivity index (χ3n) is 2.78. The molecule has 1 aromatic carbocycles. The van der Waals surface area contributed by atoms with Crippen LogP contribution < -0.4 is 4.90 Å². The first kappa shape index (κ1) is 9.72. The zero-order valence-corrected chi connectivity index (χ0v) is 8.60. The molecule has 0 aliphatic carbocycles. The number of rotatable bonds is 2. The molecule has 3 nitrogen and oxygen atoms in total. The van der Waals surface area contributed by atoms with Crippen LogP contribution in [0.15, 0.2) is 24.3 Å². The second kappa shape index (κ2) is 3.74. The van der Waals surface area contributed by atoms with Crippen molar-refractivity contribution in [3.05, 3.63) is 29.8 Å². The molecule has 1 amide bonds. The molecule has 0 saturated heterocycles. The van der Waals surface area contributed by atoms with Gasteiger partial charge in [-0.2, -0.15) is 5.26 Å². The van der Waals surface area contributed by atoms with Crippen LogP contribution in [0.3, 0.4) is 0 Å². The molecule has 0 saturated carbocycles. The van der Waals surface area contributed by atoms with Crippen LogP contribution in [0.25, 0.3) is 0 Å². The van der Waals surface area contributed by atoms with E-state index in [0.717, 1.165) is 11.3 Å². The molecule has 0 radical (unpaired) electrons. The summed E-state index contributed by atoms with van der Waals surface area (Å²) in [5, 5.41) is 8.71. The fourth-order valence-electron chi connectivity index (χ4n) is 2.08. The SMILES string of the molecule is CCN1C(=O)C(CC#N)c2ccccc21. The van der Waals surface area contributed by atoms with Gasteiger partial charge in [-0.1, -0.05) is 18.2 Å². The van der Waals surface area contributed by atoms with E-state index in [1.54, 1.807) is 4.90 Å². The quantitative estimate of drug-likeness (QED) is 0.733. The van der Waals surface area contributed by atoms with Gasteiger partial charge in [-0.3, -0.25) is 4.79 Å². The van der Waals surface area contributed by atoms with Crippen LogP contribution in [0, 0.1) is 11.3 Å². The van der Waals surface area contributed by atoms with Crippen molar-refractivity contribution in [2.45, 2.75) is 19.3 Å². The Morgan fingerprint density at radius 3 is 2.87 bits per heavy atom. The molecule has 1 unspecified atom stereocenters. The van der Waals surface area contributed by atoms with Crippen LogP contribution in [-0.4, -0.2) is 12.5 Å². The van der Waals surface area contributed by atoms with Gasteiger partial charge < -0.3 is 4.90 Å². The highest BCUT2D eigenvalue weighted by Crippen LogP contribution is 2.38. The van der Waals surface area contributed by atoms with Crippen molar-refractivity contribution in [2.75, 3.05) is 11.4 Å². The summed E-state index contributed by atoms with van der Waals surface area (Å²) in [5.74, 6) is -0.202. The molecule has 3 heteroatoms. The fraction of sp³-hybridized carbons (Fsp3) is 0.333. The summed E-state index contributed by atoms with van der Waals surface area (Å²) < 4.78 is 0. The molecule has 15 heavy (non-hydrogen) atoms. The van der Waals surface area contributed by atoms with Crippen LogP contribution in [0.4, 0.5) is 5.69 Å². The van der Waals surface area contributed by atoms with E-state index in [1.165, 1.54) is 0 Å². The second-order valence-corrected chi connectivity index (χ2v) is 3.56. The van der Waals surface area contributed by atoms with Crippen molar-refractivity contribution >= 4 is 11.6 Å². The Hall–Kier alpha value is -1.82. The lowest BCUT2D eigenvalue weighted by molar-refractivity contribution is -0.119. The number of nitrogens with zero attached hydrogens (tertiary/aromatic N) is 2. The predicted molar refractivity (Wildman–Crippen MR) is 57.4 cm³/mol. The Kier molecular flexibility index (Phi) is 2.42. The minimum atomic E-state index is -0.258. The average Bonchev–Trinajstić information content (AvgIpc) is 2.53. The van der Waals surface area contributed by atoms with Crippen molar-refractivity contribution in [1.82, 2.24) is 0 Å². The molecule has 2 rings (SSSR count). The largest absolute Gasteiger partial charge is 0.312 e. The normalized spacial score (nSPS) is 18.8. The third kappa shape index (κ3) is 1.39. The average molecular weight is 200 g/mol. The minimum absolute atomic E-state index is 0.0558. The van der Waals surface area contributed by atoms with Gasteiger partial charge in [0.1, 0.15) is 0 Å². The molecular weight excluding hydrogens is 188 g/mol. The van der Waals surface area contributed by atoms with Crippen molar-refractivity contribution < 1.29 is 4.79 Å². The summed E-state index contributed by atoms with van der Waals surface area (Å²) in [6, 6.07) is 9.78. The molecule has 1 aliphatic rings. The van der Waals surface area contributed by atoms with Crippen molar-refractivity contribution in [2.24, 2.45) is 0 Å². The van der Waals surface area contributed by atoms with E-state index < -0.39 is 0 Å². The molecule has 1 atom stereocenters. The molecule has 1 aromatic rings. The Morgan fingerprint density at radius 1 is 1.47 bits per heavy atom. The Balaban J connectivity index is 2.47. The van der Waals surface area contributed by atoms with Crippen molar-refractivity contribution in [1.29, 1.82) is 5.26 Å². The van der Waals surface area contributed by atoms with Gasteiger partial charge in [0, 0.05) is 12.2 Å². The van der Waals surface area contributed by atoms with E-state index in [-0.39, 0.29) is 18.2 Å². The zero-order valence-electron chi connectivity index (χ0n) is 8.60. The number of hydrogen-bond acceptors (Lipinski definition) is 2. The smallest absolute Gasteiger partial charge is 0.235 e. The molecule has 0 bridgehead atoms. The number of likely N-dealkylation sites (N-methyl/N-ethyl adjacent to an activating group) is 1. The molecule has 1 aliphatic heterocycles. The summed E-state index contributed by atoms with van der Waals surface area (Å²) in [7, 11) is 0. The molecular formula is C12H12N2O. The van der Waals surface area contributed by atoms with Gasteiger partial charge in [0.15, 0.2) is 0 Å². The topological polar surface area (TPSA) is 44.1 Å². The lowest BCUT2D eigenvalue weighted by Gasteiger charge is -2.14. The van der Waals surface area contributed by atoms with Gasteiger partial charge in [-0.05, 0) is 18.6 Å². The Morgan fingerprint density at radius 2 is 2.20 bits per heavy atom. The monoisotopic (exact) mass is 200 g/mol. The fourth-order valence-corrected chi connectivity index (χ4v) is 2.08. The van der Waals surface area contributed by atoms with Gasteiger partial charge in [0.2, 0.25) is 5.91 Å². The first-order chi connectivity index (χ1) is 7.29. The van der Waals surface area contributed by atoms with Gasteiger partial charge in [0.25, 0.3) is 0 Å². The number of carbonyl (C=O) groups is 1. The van der Waals surface area contributed by atoms with Crippen molar-refractivity contribution in [3.8, 4) is 6.07 Å². The van der Waals surface area contributed by atoms with Crippen LogP contribution in [0.2, 0.25) is 0 Å². The molecule has 0 aromatic heterocycles. The molecule has 0 fully saturated rings. The van der Waals surface area contributed by atoms with Crippen LogP contribution in [0.1, 0.15) is 24.8 Å². The maximum absolute atomic E-state index is 12.0. The van der Waals surface area contributed by atoms with Gasteiger partial charge >= 0.3 is 0 Å². The van der Waals surface area contributed by atoms with E-state index in [0.29, 0.717) is 6.54 Å². The molecule has 0 N–H and O–H groups in total. The highest BCUT2D eigenvalue weighted by molar-refractivity contribution is 6.05. The number of benzene rings is 1. The van der Waals surface area contributed by atoms with E-state index in [4.69, 9.17) is 5.26 Å². The number of hydrogen-bond donors (Lipinski definition) is 0. The standard InChI is InChI=1S/C12H12N2O/c1-2-14-11-6-4-3-5-9(11)10(7-8-13)12(14)15/h3-6,10H,2,7H2,1H3. The lowest BCUT2D eigenvalue weighted by Crippen LogP contribution is -2.28. The highest BCUT2D eigenvalue weighted by Gasteiger charge is 2.35. The van der Waals surface area contributed by atoms with Gasteiger partial charge in [0.05, 0.1) is 18.4 Å². The lowest BCUT2D eigenvalue weighted by atomic mass is 9.98. The van der Waals surface area contributed by atoms with Crippen LogP contribution in [0.5, 0.6) is 0 Å². The van der Waals surface area contributed by atoms with E-state index in [1.807, 2.05) is 31.2 Å². The number of anilines is 1. The summed E-state index contributed by atoms with van der Waals surface area (Å²) in [6.45, 7) is 2.61. The van der Waals surface area contributed by atoms with Gasteiger partial charge in [-0.15, -0.1) is 0 Å². The number of nitriles is 1. The number of para-hydroxylation sites is 1. The first-order valence-electron chi connectivity index (χ1n) is 5.06. The van der Waals surface area contributed by atoms with E-state index in [2.05, 4.69) is 6.07 Å². The minimum Gasteiger partial charge on any atom is -0.312 e. The summed E-state index contributed by atoms with van der Waals surface area (Å²) in [4.78, 5) is 13.7. The van der Waals surface area contributed by atoms with Gasteiger partial charge in [-0.25, -0.2) is 0 Å². The maximum Gasteiger partial charge on any atom is 0.235 e. The van der Waals surface area contributed by atoms with Crippen molar-refractivity contribution in [3.63, 3.8) is 0 Å². The van der Waals surface area contributed by atoms with Crippen LogP contribution in [-0.2, 0) is 4.79 Å². The highest BCUT2D eigenvalue weighted by atomic mass is 16.2. The third-order valence-corrected chi connectivity index (χ3v) is 2.78. The number of amides is 1. The van der Waals surface area contributed by atoms with Crippen LogP contribution >= 0.6 is 0 Å². The predicted octanol–water partition coefficient (Wildman–Crippen LogP) is 2.05. The maximum atomic E-state index is 12.0. The van der Waals surface area contributed by atoms with E-state index >= 15 is 0 Å². The summed E-state index contributed by atoms with van der Waals surface area (Å²) in [5.41, 5.74) is 1.95. The summed E-state index contributed by atoms with van der Waals surface area (Å²) in [6.07, 6.45) is 0.270. The number of fused-ring (bicyclic) bond motifs is 1. The Labute approximate surface area is 88.9 Å². The number of carbonyl (C=O) groups excluding carboxylic acids is 1. The van der Waals surface area contributed by atoms with E-state index in [9.17, 15) is 4.79 Å². The Bertz CT molecular complexity index is 433. The molecule has 0 spiro atoms. The molecule has 1 heterocycles. The first-order valence-corrected chi connectivity index (χ1v) is 5.06. The zero-order chi connectivity index (χ0) is 10.8. The molecule has 76 valence electrons. The summed E-state index contributed by atoms with van der Waals surface area (Å²) >= 11 is 0.